The molecule has 5 aliphatic rings. The van der Waals surface area contributed by atoms with Crippen LogP contribution in [-0.4, -0.2) is 76.3 Å². The molecule has 0 bridgehead atoms. The molecule has 5 rings (SSSR count). The summed E-state index contributed by atoms with van der Waals surface area (Å²) in [4.78, 5) is 2.16. The normalized spacial score (nSPS) is 54.2. The molecule has 7 nitrogen and oxygen atoms in total. The summed E-state index contributed by atoms with van der Waals surface area (Å²) in [5, 5.41) is 39.3. The van der Waals surface area contributed by atoms with Crippen molar-refractivity contribution in [3.05, 3.63) is 0 Å². The molecule has 0 radical (unpaired) electrons. The Kier molecular flexibility index (Phi) is 4.99. The Bertz CT molecular complexity index is 551. The molecule has 3 aliphatic heterocycles. The van der Waals surface area contributed by atoms with E-state index >= 15 is 0 Å². The lowest BCUT2D eigenvalue weighted by molar-refractivity contribution is -0.142. The molecule has 3 heterocycles. The van der Waals surface area contributed by atoms with Gasteiger partial charge in [-0.15, -0.1) is 0 Å². The van der Waals surface area contributed by atoms with Gasteiger partial charge in [0.05, 0.1) is 12.3 Å². The molecule has 5 N–H and O–H groups in total. The van der Waals surface area contributed by atoms with Gasteiger partial charge in [-0.1, -0.05) is 0 Å². The van der Waals surface area contributed by atoms with Gasteiger partial charge in [0.25, 0.3) is 0 Å². The second kappa shape index (κ2) is 7.20. The lowest BCUT2D eigenvalue weighted by Gasteiger charge is -2.45. The van der Waals surface area contributed by atoms with E-state index in [1.165, 1.54) is 19.3 Å². The zero-order chi connectivity index (χ0) is 18.7. The van der Waals surface area contributed by atoms with Crippen LogP contribution in [0.1, 0.15) is 45.4 Å². The van der Waals surface area contributed by atoms with Crippen LogP contribution in [0.2, 0.25) is 0 Å². The van der Waals surface area contributed by atoms with Crippen LogP contribution < -0.4 is 10.6 Å². The Balaban J connectivity index is 1.26. The maximum Gasteiger partial charge on any atom is 0.141 e. The van der Waals surface area contributed by atoms with E-state index < -0.39 is 30.6 Å². The first-order chi connectivity index (χ1) is 13.0. The minimum atomic E-state index is -1.03. The standard InChI is InChI=1S/C20H35N3O4/c1-10-14-6-7-23(19(14)22-9-21-10)20-17(26)16(25)18(27-20)15(24)13-5-3-11-2-4-12(11)8-13/h10-22,24-26H,2-9H2,1H3/t10?,11?,12?,13?,14?,15-,16-,17+,18+,19?,20+/m0/s1. The van der Waals surface area contributed by atoms with E-state index in [4.69, 9.17) is 4.74 Å². The smallest absolute Gasteiger partial charge is 0.141 e. The number of rotatable bonds is 3. The van der Waals surface area contributed by atoms with Crippen LogP contribution in [0.3, 0.4) is 0 Å². The van der Waals surface area contributed by atoms with Crippen molar-refractivity contribution < 1.29 is 20.1 Å². The molecule has 3 saturated heterocycles. The van der Waals surface area contributed by atoms with Crippen LogP contribution in [0.4, 0.5) is 0 Å². The zero-order valence-electron chi connectivity index (χ0n) is 16.2. The molecule has 6 unspecified atom stereocenters. The van der Waals surface area contributed by atoms with E-state index in [0.29, 0.717) is 12.0 Å². The molecular formula is C20H35N3O4. The van der Waals surface area contributed by atoms with Gasteiger partial charge in [-0.05, 0) is 63.2 Å². The Hall–Kier alpha value is -0.280. The number of fused-ring (bicyclic) bond motifs is 2. The van der Waals surface area contributed by atoms with Crippen molar-refractivity contribution >= 4 is 0 Å². The zero-order valence-corrected chi connectivity index (χ0v) is 16.2. The van der Waals surface area contributed by atoms with Crippen molar-refractivity contribution in [2.75, 3.05) is 13.2 Å². The SMILES string of the molecule is CC1NCNC2C1CCN2[C@@H]1O[C@H]([C@@H](O)C2CCC3CCC3C2)[C@@H](O)[C@H]1O. The third-order valence-electron chi connectivity index (χ3n) is 8.37. The summed E-state index contributed by atoms with van der Waals surface area (Å²) < 4.78 is 6.16. The molecule has 7 heteroatoms. The van der Waals surface area contributed by atoms with Crippen molar-refractivity contribution in [2.45, 2.75) is 88.3 Å². The van der Waals surface area contributed by atoms with Crippen LogP contribution in [0.5, 0.6) is 0 Å². The topological polar surface area (TPSA) is 97.2 Å². The lowest BCUT2D eigenvalue weighted by Crippen LogP contribution is -2.61. The number of hydrogen-bond acceptors (Lipinski definition) is 7. The molecule has 0 aromatic heterocycles. The largest absolute Gasteiger partial charge is 0.390 e. The van der Waals surface area contributed by atoms with E-state index in [2.05, 4.69) is 22.5 Å². The second-order valence-corrected chi connectivity index (χ2v) is 9.64. The summed E-state index contributed by atoms with van der Waals surface area (Å²) in [6, 6.07) is 0.420. The molecule has 2 saturated carbocycles. The van der Waals surface area contributed by atoms with Gasteiger partial charge in [0, 0.05) is 25.2 Å². The predicted octanol–water partition coefficient (Wildman–Crippen LogP) is -0.193. The average molecular weight is 382 g/mol. The molecule has 0 amide bonds. The number of ether oxygens (including phenoxy) is 1. The summed E-state index contributed by atoms with van der Waals surface area (Å²) in [6.07, 6.45) is 3.10. The first-order valence-electron chi connectivity index (χ1n) is 11.0. The van der Waals surface area contributed by atoms with Crippen LogP contribution >= 0.6 is 0 Å². The van der Waals surface area contributed by atoms with Crippen LogP contribution in [0, 0.1) is 23.7 Å². The predicted molar refractivity (Wildman–Crippen MR) is 99.4 cm³/mol. The van der Waals surface area contributed by atoms with Gasteiger partial charge in [-0.25, -0.2) is 0 Å². The van der Waals surface area contributed by atoms with E-state index in [1.807, 2.05) is 0 Å². The maximum absolute atomic E-state index is 11.0. The first-order valence-corrected chi connectivity index (χ1v) is 11.0. The number of aliphatic hydroxyl groups excluding tert-OH is 3. The summed E-state index contributed by atoms with van der Waals surface area (Å²) in [5.74, 6) is 2.25. The van der Waals surface area contributed by atoms with Crippen molar-refractivity contribution in [1.29, 1.82) is 0 Å². The fourth-order valence-corrected chi connectivity index (χ4v) is 6.48. The molecule has 11 atom stereocenters. The van der Waals surface area contributed by atoms with Gasteiger partial charge >= 0.3 is 0 Å². The molecule has 0 aromatic carbocycles. The monoisotopic (exact) mass is 381 g/mol. The van der Waals surface area contributed by atoms with Crippen molar-refractivity contribution in [1.82, 2.24) is 15.5 Å². The van der Waals surface area contributed by atoms with Gasteiger partial charge in [-0.2, -0.15) is 0 Å². The van der Waals surface area contributed by atoms with Crippen LogP contribution in [-0.2, 0) is 4.74 Å². The lowest BCUT2D eigenvalue weighted by atomic mass is 9.61. The van der Waals surface area contributed by atoms with Gasteiger partial charge < -0.3 is 25.4 Å². The third kappa shape index (κ3) is 3.06. The van der Waals surface area contributed by atoms with Crippen molar-refractivity contribution in [3.63, 3.8) is 0 Å². The fraction of sp³-hybridized carbons (Fsp3) is 1.00. The summed E-state index contributed by atoms with van der Waals surface area (Å²) in [5.41, 5.74) is 0. The van der Waals surface area contributed by atoms with Gasteiger partial charge in [0.1, 0.15) is 24.5 Å². The van der Waals surface area contributed by atoms with E-state index in [1.54, 1.807) is 0 Å². The van der Waals surface area contributed by atoms with Gasteiger partial charge in [0.15, 0.2) is 0 Å². The number of hydrogen-bond donors (Lipinski definition) is 5. The van der Waals surface area contributed by atoms with E-state index in [9.17, 15) is 15.3 Å². The third-order valence-corrected chi connectivity index (χ3v) is 8.37. The molecular weight excluding hydrogens is 346 g/mol. The molecule has 0 aromatic rings. The highest BCUT2D eigenvalue weighted by Crippen LogP contribution is 2.48. The maximum atomic E-state index is 11.0. The Labute approximate surface area is 161 Å². The Morgan fingerprint density at radius 1 is 1.00 bits per heavy atom. The second-order valence-electron chi connectivity index (χ2n) is 9.64. The van der Waals surface area contributed by atoms with E-state index in [0.717, 1.165) is 44.3 Å². The molecule has 154 valence electrons. The fourth-order valence-electron chi connectivity index (χ4n) is 6.48. The average Bonchev–Trinajstić information content (AvgIpc) is 3.19. The van der Waals surface area contributed by atoms with Gasteiger partial charge in [-0.3, -0.25) is 10.2 Å². The Morgan fingerprint density at radius 2 is 1.78 bits per heavy atom. The minimum absolute atomic E-state index is 0.148. The first kappa shape index (κ1) is 18.7. The highest BCUT2D eigenvalue weighted by Gasteiger charge is 2.54. The minimum Gasteiger partial charge on any atom is -0.390 e. The Morgan fingerprint density at radius 3 is 2.52 bits per heavy atom. The summed E-state index contributed by atoms with van der Waals surface area (Å²) in [6.45, 7) is 3.77. The highest BCUT2D eigenvalue weighted by molar-refractivity contribution is 5.02. The van der Waals surface area contributed by atoms with Crippen LogP contribution in [0.15, 0.2) is 0 Å². The number of nitrogens with one attached hydrogen (secondary N) is 2. The highest BCUT2D eigenvalue weighted by atomic mass is 16.6. The van der Waals surface area contributed by atoms with E-state index in [-0.39, 0.29) is 12.1 Å². The molecule has 2 aliphatic carbocycles. The summed E-state index contributed by atoms with van der Waals surface area (Å²) >= 11 is 0. The molecule has 5 fully saturated rings. The van der Waals surface area contributed by atoms with Crippen LogP contribution in [0.25, 0.3) is 0 Å². The number of aliphatic hydroxyl groups is 3. The summed E-state index contributed by atoms with van der Waals surface area (Å²) in [7, 11) is 0. The quantitative estimate of drug-likeness (QED) is 0.462. The number of likely N-dealkylation sites (tertiary alicyclic amines) is 1. The van der Waals surface area contributed by atoms with Crippen molar-refractivity contribution in [2.24, 2.45) is 23.7 Å². The number of nitrogens with zero attached hydrogens (tertiary/aromatic N) is 1. The molecule has 0 spiro atoms. The van der Waals surface area contributed by atoms with Crippen molar-refractivity contribution in [3.8, 4) is 0 Å². The van der Waals surface area contributed by atoms with Gasteiger partial charge in [0.2, 0.25) is 0 Å². The molecule has 27 heavy (non-hydrogen) atoms.